The highest BCUT2D eigenvalue weighted by Gasteiger charge is 2.30. The largest absolute Gasteiger partial charge is 0.303 e. The molecule has 0 saturated heterocycles. The van der Waals surface area contributed by atoms with Gasteiger partial charge >= 0.3 is 0 Å². The third-order valence-electron chi connectivity index (χ3n) is 3.78. The summed E-state index contributed by atoms with van der Waals surface area (Å²) >= 11 is 0. The molecule has 1 nitrogen and oxygen atoms in total. The molecule has 0 fully saturated rings. The van der Waals surface area contributed by atoms with Crippen LogP contribution in [0.5, 0.6) is 0 Å². The molecule has 16 heavy (non-hydrogen) atoms. The Balaban J connectivity index is 2.80. The second-order valence-corrected chi connectivity index (χ2v) is 5.55. The molecule has 0 radical (unpaired) electrons. The Bertz CT molecular complexity index is 297. The van der Waals surface area contributed by atoms with Crippen molar-refractivity contribution in [3.05, 3.63) is 23.8 Å². The first-order valence-electron chi connectivity index (χ1n) is 6.31. The zero-order valence-electron chi connectivity index (χ0n) is 11.0. The van der Waals surface area contributed by atoms with Crippen LogP contribution in [0.3, 0.4) is 0 Å². The van der Waals surface area contributed by atoms with Crippen molar-refractivity contribution in [1.29, 1.82) is 0 Å². The standard InChI is InChI=1S/C15H24O/c1-5-13(11-16)8-9-14-12(2)7-6-10-15(14,3)4/h7-9,11,13-14H,5-6,10H2,1-4H3/b9-8+. The van der Waals surface area contributed by atoms with Gasteiger partial charge in [-0.1, -0.05) is 44.6 Å². The van der Waals surface area contributed by atoms with Crippen LogP contribution in [0.4, 0.5) is 0 Å². The third kappa shape index (κ3) is 3.07. The molecule has 1 aliphatic rings. The predicted molar refractivity (Wildman–Crippen MR) is 69.2 cm³/mol. The van der Waals surface area contributed by atoms with Crippen LogP contribution >= 0.6 is 0 Å². The van der Waals surface area contributed by atoms with Gasteiger partial charge in [0.1, 0.15) is 6.29 Å². The fourth-order valence-electron chi connectivity index (χ4n) is 2.51. The highest BCUT2D eigenvalue weighted by molar-refractivity contribution is 5.56. The van der Waals surface area contributed by atoms with Crippen molar-refractivity contribution in [2.24, 2.45) is 17.3 Å². The van der Waals surface area contributed by atoms with E-state index < -0.39 is 0 Å². The van der Waals surface area contributed by atoms with Gasteiger partial charge in [0.05, 0.1) is 0 Å². The molecule has 90 valence electrons. The minimum atomic E-state index is 0.0885. The molecule has 0 aromatic carbocycles. The first-order valence-corrected chi connectivity index (χ1v) is 6.31. The van der Waals surface area contributed by atoms with E-state index in [9.17, 15) is 4.79 Å². The molecular weight excluding hydrogens is 196 g/mol. The van der Waals surface area contributed by atoms with Crippen molar-refractivity contribution >= 4 is 6.29 Å². The van der Waals surface area contributed by atoms with Crippen LogP contribution in [0.15, 0.2) is 23.8 Å². The molecule has 0 aromatic heterocycles. The summed E-state index contributed by atoms with van der Waals surface area (Å²) in [6, 6.07) is 0. The topological polar surface area (TPSA) is 17.1 Å². The second-order valence-electron chi connectivity index (χ2n) is 5.55. The molecule has 2 unspecified atom stereocenters. The highest BCUT2D eigenvalue weighted by Crippen LogP contribution is 2.41. The maximum absolute atomic E-state index is 10.8. The Morgan fingerprint density at radius 2 is 2.25 bits per heavy atom. The number of carbonyl (C=O) groups excluding carboxylic acids is 1. The maximum atomic E-state index is 10.8. The minimum absolute atomic E-state index is 0.0885. The van der Waals surface area contributed by atoms with Crippen molar-refractivity contribution in [2.45, 2.75) is 47.0 Å². The van der Waals surface area contributed by atoms with Crippen LogP contribution in [-0.4, -0.2) is 6.29 Å². The number of aldehydes is 1. The normalized spacial score (nSPS) is 26.5. The van der Waals surface area contributed by atoms with Gasteiger partial charge < -0.3 is 4.79 Å². The molecule has 0 heterocycles. The highest BCUT2D eigenvalue weighted by atomic mass is 16.1. The lowest BCUT2D eigenvalue weighted by molar-refractivity contribution is -0.109. The minimum Gasteiger partial charge on any atom is -0.303 e. The van der Waals surface area contributed by atoms with Gasteiger partial charge in [-0.25, -0.2) is 0 Å². The van der Waals surface area contributed by atoms with E-state index in [2.05, 4.69) is 45.9 Å². The van der Waals surface area contributed by atoms with Crippen LogP contribution in [0, 0.1) is 17.3 Å². The Morgan fingerprint density at radius 1 is 1.56 bits per heavy atom. The zero-order chi connectivity index (χ0) is 12.2. The number of rotatable bonds is 4. The molecule has 0 N–H and O–H groups in total. The van der Waals surface area contributed by atoms with Gasteiger partial charge in [0.2, 0.25) is 0 Å². The van der Waals surface area contributed by atoms with Crippen molar-refractivity contribution in [2.75, 3.05) is 0 Å². The van der Waals surface area contributed by atoms with E-state index in [0.29, 0.717) is 11.3 Å². The van der Waals surface area contributed by atoms with Gasteiger partial charge in [0, 0.05) is 11.8 Å². The summed E-state index contributed by atoms with van der Waals surface area (Å²) < 4.78 is 0. The van der Waals surface area contributed by atoms with Gasteiger partial charge in [-0.2, -0.15) is 0 Å². The summed E-state index contributed by atoms with van der Waals surface area (Å²) in [7, 11) is 0. The van der Waals surface area contributed by atoms with E-state index in [4.69, 9.17) is 0 Å². The molecular formula is C15H24O. The SMILES string of the molecule is CCC(C=O)/C=C/C1C(C)=CCCC1(C)C. The van der Waals surface area contributed by atoms with E-state index in [1.165, 1.54) is 18.4 Å². The van der Waals surface area contributed by atoms with Gasteiger partial charge in [0.25, 0.3) is 0 Å². The molecule has 0 spiro atoms. The number of hydrogen-bond acceptors (Lipinski definition) is 1. The number of allylic oxidation sites excluding steroid dienone is 4. The first-order chi connectivity index (χ1) is 7.51. The molecule has 1 rings (SSSR count). The van der Waals surface area contributed by atoms with E-state index in [1.54, 1.807) is 0 Å². The molecule has 0 amide bonds. The van der Waals surface area contributed by atoms with Crippen molar-refractivity contribution in [3.8, 4) is 0 Å². The number of hydrogen-bond donors (Lipinski definition) is 0. The van der Waals surface area contributed by atoms with Crippen molar-refractivity contribution in [1.82, 2.24) is 0 Å². The molecule has 0 bridgehead atoms. The van der Waals surface area contributed by atoms with Gasteiger partial charge in [-0.15, -0.1) is 0 Å². The Hall–Kier alpha value is -0.850. The van der Waals surface area contributed by atoms with E-state index in [-0.39, 0.29) is 5.92 Å². The molecule has 2 atom stereocenters. The Labute approximate surface area is 99.6 Å². The lowest BCUT2D eigenvalue weighted by Gasteiger charge is -2.36. The second kappa shape index (κ2) is 5.47. The van der Waals surface area contributed by atoms with E-state index in [1.807, 2.05) is 0 Å². The van der Waals surface area contributed by atoms with Gasteiger partial charge in [-0.3, -0.25) is 0 Å². The summed E-state index contributed by atoms with van der Waals surface area (Å²) in [5.41, 5.74) is 1.78. The maximum Gasteiger partial charge on any atom is 0.126 e. The average Bonchev–Trinajstić information content (AvgIpc) is 2.22. The zero-order valence-corrected chi connectivity index (χ0v) is 11.0. The molecule has 1 aliphatic carbocycles. The third-order valence-corrected chi connectivity index (χ3v) is 3.78. The Kier molecular flexibility index (Phi) is 4.52. The van der Waals surface area contributed by atoms with Crippen LogP contribution in [0.2, 0.25) is 0 Å². The average molecular weight is 220 g/mol. The van der Waals surface area contributed by atoms with Crippen LogP contribution in [-0.2, 0) is 4.79 Å². The number of carbonyl (C=O) groups is 1. The van der Waals surface area contributed by atoms with Crippen molar-refractivity contribution in [3.63, 3.8) is 0 Å². The summed E-state index contributed by atoms with van der Waals surface area (Å²) in [4.78, 5) is 10.8. The molecule has 0 saturated carbocycles. The van der Waals surface area contributed by atoms with Gasteiger partial charge in [0.15, 0.2) is 0 Å². The quantitative estimate of drug-likeness (QED) is 0.514. The summed E-state index contributed by atoms with van der Waals surface area (Å²) in [5.74, 6) is 0.584. The monoisotopic (exact) mass is 220 g/mol. The van der Waals surface area contributed by atoms with Crippen LogP contribution in [0.1, 0.15) is 47.0 Å². The lowest BCUT2D eigenvalue weighted by Crippen LogP contribution is -2.26. The van der Waals surface area contributed by atoms with E-state index >= 15 is 0 Å². The molecule has 0 aliphatic heterocycles. The Morgan fingerprint density at radius 3 is 2.75 bits per heavy atom. The first kappa shape index (κ1) is 13.2. The van der Waals surface area contributed by atoms with E-state index in [0.717, 1.165) is 12.7 Å². The predicted octanol–water partition coefficient (Wildman–Crippen LogP) is 4.15. The lowest BCUT2D eigenvalue weighted by atomic mass is 9.68. The fraction of sp³-hybridized carbons (Fsp3) is 0.667. The van der Waals surface area contributed by atoms with Crippen LogP contribution < -0.4 is 0 Å². The smallest absolute Gasteiger partial charge is 0.126 e. The van der Waals surface area contributed by atoms with Gasteiger partial charge in [-0.05, 0) is 31.6 Å². The molecule has 1 heteroatoms. The van der Waals surface area contributed by atoms with Crippen LogP contribution in [0.25, 0.3) is 0 Å². The molecule has 0 aromatic rings. The summed E-state index contributed by atoms with van der Waals surface area (Å²) in [6.45, 7) is 8.90. The summed E-state index contributed by atoms with van der Waals surface area (Å²) in [6.07, 6.45) is 11.0. The fourth-order valence-corrected chi connectivity index (χ4v) is 2.51. The van der Waals surface area contributed by atoms with Crippen molar-refractivity contribution < 1.29 is 4.79 Å². The summed E-state index contributed by atoms with van der Waals surface area (Å²) in [5, 5.41) is 0.